The van der Waals surface area contributed by atoms with Crippen LogP contribution in [0.5, 0.6) is 0 Å². The minimum absolute atomic E-state index is 0.262. The lowest BCUT2D eigenvalue weighted by Gasteiger charge is -2.11. The molecule has 0 bridgehead atoms. The van der Waals surface area contributed by atoms with E-state index >= 15 is 0 Å². The van der Waals surface area contributed by atoms with Crippen molar-refractivity contribution in [2.45, 2.75) is 39.2 Å². The van der Waals surface area contributed by atoms with Crippen molar-refractivity contribution < 1.29 is 5.11 Å². The van der Waals surface area contributed by atoms with Gasteiger partial charge in [-0.25, -0.2) is 0 Å². The third kappa shape index (κ3) is 4.53. The van der Waals surface area contributed by atoms with E-state index in [4.69, 9.17) is 0 Å². The molecular weight excluding hydrogens is 232 g/mol. The predicted molar refractivity (Wildman–Crippen MR) is 80.4 cm³/mol. The van der Waals surface area contributed by atoms with Crippen LogP contribution in [0.25, 0.3) is 0 Å². The Bertz CT molecular complexity index is 531. The van der Waals surface area contributed by atoms with Gasteiger partial charge < -0.3 is 5.11 Å². The van der Waals surface area contributed by atoms with E-state index in [1.807, 2.05) is 0 Å². The van der Waals surface area contributed by atoms with Gasteiger partial charge in [-0.1, -0.05) is 59.7 Å². The van der Waals surface area contributed by atoms with Gasteiger partial charge in [-0.15, -0.1) is 0 Å². The number of aliphatic hydroxyl groups is 1. The van der Waals surface area contributed by atoms with Crippen molar-refractivity contribution in [1.82, 2.24) is 0 Å². The predicted octanol–water partition coefficient (Wildman–Crippen LogP) is 3.84. The largest absolute Gasteiger partial charge is 0.393 e. The van der Waals surface area contributed by atoms with E-state index in [1.54, 1.807) is 0 Å². The van der Waals surface area contributed by atoms with Gasteiger partial charge in [-0.2, -0.15) is 0 Å². The van der Waals surface area contributed by atoms with Gasteiger partial charge in [0.05, 0.1) is 6.10 Å². The third-order valence-corrected chi connectivity index (χ3v) is 3.40. The summed E-state index contributed by atoms with van der Waals surface area (Å²) in [5.74, 6) is 0. The van der Waals surface area contributed by atoms with Crippen molar-refractivity contribution >= 4 is 0 Å². The van der Waals surface area contributed by atoms with Crippen molar-refractivity contribution in [1.29, 1.82) is 0 Å². The minimum atomic E-state index is -0.262. The molecule has 0 amide bonds. The number of hydrogen-bond donors (Lipinski definition) is 1. The molecule has 0 saturated carbocycles. The molecule has 0 saturated heterocycles. The minimum Gasteiger partial charge on any atom is -0.393 e. The van der Waals surface area contributed by atoms with E-state index in [0.717, 1.165) is 19.3 Å². The Labute approximate surface area is 115 Å². The first-order chi connectivity index (χ1) is 9.13. The van der Waals surface area contributed by atoms with Crippen LogP contribution >= 0.6 is 0 Å². The van der Waals surface area contributed by atoms with E-state index in [9.17, 15) is 5.11 Å². The third-order valence-electron chi connectivity index (χ3n) is 3.40. The molecule has 0 aliphatic carbocycles. The lowest BCUT2D eigenvalue weighted by molar-refractivity contribution is 0.165. The average molecular weight is 254 g/mol. The van der Waals surface area contributed by atoms with E-state index in [2.05, 4.69) is 62.4 Å². The SMILES string of the molecule is Cc1cccc(CCC(O)Cc2cccc(C)c2)c1. The topological polar surface area (TPSA) is 20.2 Å². The second-order valence-electron chi connectivity index (χ2n) is 5.37. The summed E-state index contributed by atoms with van der Waals surface area (Å²) in [6, 6.07) is 16.9. The maximum Gasteiger partial charge on any atom is 0.0583 e. The molecule has 2 rings (SSSR count). The van der Waals surface area contributed by atoms with Crippen LogP contribution in [0.4, 0.5) is 0 Å². The second kappa shape index (κ2) is 6.53. The Morgan fingerprint density at radius 2 is 1.47 bits per heavy atom. The van der Waals surface area contributed by atoms with Gasteiger partial charge in [0.2, 0.25) is 0 Å². The van der Waals surface area contributed by atoms with Crippen LogP contribution in [-0.4, -0.2) is 11.2 Å². The van der Waals surface area contributed by atoms with Crippen LogP contribution in [-0.2, 0) is 12.8 Å². The summed E-state index contributed by atoms with van der Waals surface area (Å²) in [4.78, 5) is 0. The zero-order valence-corrected chi connectivity index (χ0v) is 11.8. The van der Waals surface area contributed by atoms with Gasteiger partial charge in [-0.05, 0) is 44.2 Å². The molecule has 100 valence electrons. The normalized spacial score (nSPS) is 12.4. The van der Waals surface area contributed by atoms with Gasteiger partial charge in [-0.3, -0.25) is 0 Å². The van der Waals surface area contributed by atoms with Gasteiger partial charge in [0.15, 0.2) is 0 Å². The molecule has 1 atom stereocenters. The lowest BCUT2D eigenvalue weighted by Crippen LogP contribution is -2.11. The Balaban J connectivity index is 1.86. The summed E-state index contributed by atoms with van der Waals surface area (Å²) in [5, 5.41) is 10.1. The fourth-order valence-corrected chi connectivity index (χ4v) is 2.41. The van der Waals surface area contributed by atoms with Crippen LogP contribution in [0.2, 0.25) is 0 Å². The average Bonchev–Trinajstić information content (AvgIpc) is 2.36. The van der Waals surface area contributed by atoms with E-state index < -0.39 is 0 Å². The fraction of sp³-hybridized carbons (Fsp3) is 0.333. The maximum atomic E-state index is 10.1. The zero-order valence-electron chi connectivity index (χ0n) is 11.8. The van der Waals surface area contributed by atoms with Crippen LogP contribution in [0.3, 0.4) is 0 Å². The summed E-state index contributed by atoms with van der Waals surface area (Å²) in [7, 11) is 0. The standard InChI is InChI=1S/C18H22O/c1-14-5-3-7-16(11-14)9-10-18(19)13-17-8-4-6-15(2)12-17/h3-8,11-12,18-19H,9-10,13H2,1-2H3. The molecule has 0 aromatic heterocycles. The van der Waals surface area contributed by atoms with Gasteiger partial charge in [0.25, 0.3) is 0 Å². The number of hydrogen-bond acceptors (Lipinski definition) is 1. The van der Waals surface area contributed by atoms with Crippen LogP contribution in [0.1, 0.15) is 28.7 Å². The van der Waals surface area contributed by atoms with Gasteiger partial charge >= 0.3 is 0 Å². The monoisotopic (exact) mass is 254 g/mol. The molecule has 0 spiro atoms. The quantitative estimate of drug-likeness (QED) is 0.859. The first kappa shape index (κ1) is 13.8. The highest BCUT2D eigenvalue weighted by Gasteiger charge is 2.06. The number of aryl methyl sites for hydroxylation is 3. The molecule has 19 heavy (non-hydrogen) atoms. The number of benzene rings is 2. The molecule has 1 heteroatoms. The van der Waals surface area contributed by atoms with E-state index in [-0.39, 0.29) is 6.10 Å². The van der Waals surface area contributed by atoms with E-state index in [1.165, 1.54) is 22.3 Å². The van der Waals surface area contributed by atoms with Crippen LogP contribution in [0.15, 0.2) is 48.5 Å². The number of rotatable bonds is 5. The molecule has 2 aromatic rings. The molecule has 0 heterocycles. The van der Waals surface area contributed by atoms with Gasteiger partial charge in [0, 0.05) is 0 Å². The summed E-state index contributed by atoms with van der Waals surface area (Å²) in [5.41, 5.74) is 5.06. The first-order valence-corrected chi connectivity index (χ1v) is 6.92. The van der Waals surface area contributed by atoms with Crippen molar-refractivity contribution in [2.75, 3.05) is 0 Å². The number of aliphatic hydroxyl groups excluding tert-OH is 1. The zero-order chi connectivity index (χ0) is 13.7. The molecule has 0 radical (unpaired) electrons. The highest BCUT2D eigenvalue weighted by Crippen LogP contribution is 2.12. The van der Waals surface area contributed by atoms with Crippen molar-refractivity contribution in [2.24, 2.45) is 0 Å². The molecule has 1 nitrogen and oxygen atoms in total. The lowest BCUT2D eigenvalue weighted by atomic mass is 9.99. The molecule has 2 aromatic carbocycles. The smallest absolute Gasteiger partial charge is 0.0583 e. The Morgan fingerprint density at radius 1 is 0.895 bits per heavy atom. The van der Waals surface area contributed by atoms with Crippen molar-refractivity contribution in [3.63, 3.8) is 0 Å². The Morgan fingerprint density at radius 3 is 2.11 bits per heavy atom. The summed E-state index contributed by atoms with van der Waals surface area (Å²) in [6.07, 6.45) is 2.24. The molecule has 1 N–H and O–H groups in total. The summed E-state index contributed by atoms with van der Waals surface area (Å²) < 4.78 is 0. The molecule has 0 aliphatic heterocycles. The van der Waals surface area contributed by atoms with Gasteiger partial charge in [0.1, 0.15) is 0 Å². The maximum absolute atomic E-state index is 10.1. The summed E-state index contributed by atoms with van der Waals surface area (Å²) >= 11 is 0. The first-order valence-electron chi connectivity index (χ1n) is 6.92. The Hall–Kier alpha value is -1.60. The van der Waals surface area contributed by atoms with Crippen LogP contribution in [0, 0.1) is 13.8 Å². The highest BCUT2D eigenvalue weighted by atomic mass is 16.3. The van der Waals surface area contributed by atoms with Crippen molar-refractivity contribution in [3.8, 4) is 0 Å². The molecule has 0 fully saturated rings. The highest BCUT2D eigenvalue weighted by molar-refractivity contribution is 5.24. The van der Waals surface area contributed by atoms with E-state index in [0.29, 0.717) is 0 Å². The molecule has 0 aliphatic rings. The van der Waals surface area contributed by atoms with Crippen molar-refractivity contribution in [3.05, 3.63) is 70.8 Å². The molecular formula is C18H22O. The second-order valence-corrected chi connectivity index (χ2v) is 5.37. The Kier molecular flexibility index (Phi) is 4.75. The van der Waals surface area contributed by atoms with Crippen LogP contribution < -0.4 is 0 Å². The molecule has 1 unspecified atom stereocenters. The fourth-order valence-electron chi connectivity index (χ4n) is 2.41. The summed E-state index contributed by atoms with van der Waals surface area (Å²) in [6.45, 7) is 4.19.